The lowest BCUT2D eigenvalue weighted by Gasteiger charge is -2.33. The molecule has 1 heterocycles. The van der Waals surface area contributed by atoms with E-state index in [9.17, 15) is 4.79 Å². The van der Waals surface area contributed by atoms with Crippen LogP contribution in [0.15, 0.2) is 45.3 Å². The lowest BCUT2D eigenvalue weighted by atomic mass is 9.88. The van der Waals surface area contributed by atoms with Crippen LogP contribution >= 0.6 is 31.9 Å². The van der Waals surface area contributed by atoms with Gasteiger partial charge in [-0.2, -0.15) is 0 Å². The topological polar surface area (TPSA) is 23.6 Å². The van der Waals surface area contributed by atoms with Crippen LogP contribution in [0.25, 0.3) is 0 Å². The van der Waals surface area contributed by atoms with E-state index in [-0.39, 0.29) is 5.91 Å². The maximum Gasteiger partial charge on any atom is 0.236 e. The van der Waals surface area contributed by atoms with Crippen LogP contribution in [0, 0.1) is 13.8 Å². The zero-order valence-electron chi connectivity index (χ0n) is 16.8. The highest BCUT2D eigenvalue weighted by molar-refractivity contribution is 9.11. The molecule has 0 spiro atoms. The van der Waals surface area contributed by atoms with E-state index in [1.54, 1.807) is 0 Å². The van der Waals surface area contributed by atoms with Gasteiger partial charge in [0.05, 0.1) is 6.54 Å². The van der Waals surface area contributed by atoms with Crippen molar-refractivity contribution in [2.24, 2.45) is 0 Å². The van der Waals surface area contributed by atoms with Crippen molar-refractivity contribution >= 4 is 37.8 Å². The molecule has 150 valence electrons. The molecule has 1 aliphatic rings. The molecule has 0 saturated carbocycles. The molecule has 1 fully saturated rings. The van der Waals surface area contributed by atoms with Gasteiger partial charge in [0, 0.05) is 22.5 Å². The third-order valence-corrected chi connectivity index (χ3v) is 6.63. The van der Waals surface area contributed by atoms with Crippen LogP contribution in [0.4, 0.5) is 0 Å². The smallest absolute Gasteiger partial charge is 0.236 e. The molecular formula is C23H28Br2N2O. The highest BCUT2D eigenvalue weighted by atomic mass is 79.9. The molecule has 0 aliphatic carbocycles. The molecule has 2 aromatic rings. The largest absolute Gasteiger partial charge is 0.340 e. The molecule has 3 rings (SSSR count). The fourth-order valence-corrected chi connectivity index (χ4v) is 5.21. The molecule has 1 amide bonds. The van der Waals surface area contributed by atoms with Crippen molar-refractivity contribution in [1.82, 2.24) is 9.80 Å². The van der Waals surface area contributed by atoms with Gasteiger partial charge in [0.25, 0.3) is 0 Å². The van der Waals surface area contributed by atoms with E-state index >= 15 is 0 Å². The van der Waals surface area contributed by atoms with Gasteiger partial charge in [-0.25, -0.2) is 0 Å². The van der Waals surface area contributed by atoms with Crippen molar-refractivity contribution in [3.63, 3.8) is 0 Å². The van der Waals surface area contributed by atoms with Gasteiger partial charge in [-0.15, -0.1) is 0 Å². The van der Waals surface area contributed by atoms with Gasteiger partial charge in [-0.05, 0) is 86.1 Å². The average molecular weight is 508 g/mol. The van der Waals surface area contributed by atoms with E-state index in [0.29, 0.717) is 19.0 Å². The summed E-state index contributed by atoms with van der Waals surface area (Å²) in [6.07, 6.45) is 2.25. The minimum atomic E-state index is 0.181. The Hall–Kier alpha value is -1.17. The Morgan fingerprint density at radius 3 is 2.29 bits per heavy atom. The van der Waals surface area contributed by atoms with Crippen molar-refractivity contribution < 1.29 is 4.79 Å². The third kappa shape index (κ3) is 5.68. The molecule has 2 aromatic carbocycles. The maximum absolute atomic E-state index is 12.7. The molecule has 0 aromatic heterocycles. The number of nitrogens with zero attached hydrogens (tertiary/aromatic N) is 2. The highest BCUT2D eigenvalue weighted by Crippen LogP contribution is 2.29. The summed E-state index contributed by atoms with van der Waals surface area (Å²) in [5.41, 5.74) is 5.29. The number of piperidine rings is 1. The summed E-state index contributed by atoms with van der Waals surface area (Å²) < 4.78 is 2.04. The predicted molar refractivity (Wildman–Crippen MR) is 123 cm³/mol. The quantitative estimate of drug-likeness (QED) is 0.520. The fraction of sp³-hybridized carbons (Fsp3) is 0.435. The van der Waals surface area contributed by atoms with Gasteiger partial charge in [0.1, 0.15) is 0 Å². The zero-order valence-corrected chi connectivity index (χ0v) is 20.0. The van der Waals surface area contributed by atoms with Gasteiger partial charge in [-0.3, -0.25) is 9.69 Å². The number of hydrogen-bond donors (Lipinski definition) is 0. The molecule has 0 N–H and O–H groups in total. The van der Waals surface area contributed by atoms with E-state index in [1.165, 1.54) is 16.7 Å². The van der Waals surface area contributed by atoms with Crippen LogP contribution in [-0.2, 0) is 11.3 Å². The number of rotatable bonds is 5. The number of carbonyl (C=O) groups excluding carboxylic acids is 1. The van der Waals surface area contributed by atoms with Crippen LogP contribution < -0.4 is 0 Å². The number of aryl methyl sites for hydroxylation is 2. The third-order valence-electron chi connectivity index (χ3n) is 5.72. The highest BCUT2D eigenvalue weighted by Gasteiger charge is 2.23. The molecule has 1 saturated heterocycles. The lowest BCUT2D eigenvalue weighted by Crippen LogP contribution is -2.41. The molecule has 0 radical (unpaired) electrons. The second-order valence-corrected chi connectivity index (χ2v) is 9.75. The minimum Gasteiger partial charge on any atom is -0.340 e. The van der Waals surface area contributed by atoms with Crippen LogP contribution in [0.3, 0.4) is 0 Å². The van der Waals surface area contributed by atoms with Crippen molar-refractivity contribution in [2.75, 3.05) is 26.7 Å². The number of halogens is 2. The van der Waals surface area contributed by atoms with Crippen molar-refractivity contribution in [3.05, 3.63) is 67.6 Å². The van der Waals surface area contributed by atoms with Gasteiger partial charge in [-0.1, -0.05) is 50.1 Å². The first-order valence-corrected chi connectivity index (χ1v) is 11.4. The Morgan fingerprint density at radius 2 is 1.68 bits per heavy atom. The van der Waals surface area contributed by atoms with E-state index in [0.717, 1.165) is 40.4 Å². The molecule has 28 heavy (non-hydrogen) atoms. The standard InChI is InChI=1S/C23H28Br2N2O/c1-16-4-5-20(10-17(16)2)19-6-8-27(9-7-19)15-23(28)26(3)14-18-11-21(24)13-22(25)12-18/h4-5,10-13,19H,6-9,14-15H2,1-3H3. The van der Waals surface area contributed by atoms with E-state index in [1.807, 2.05) is 18.0 Å². The average Bonchev–Trinajstić information content (AvgIpc) is 2.63. The van der Waals surface area contributed by atoms with Crippen molar-refractivity contribution in [3.8, 4) is 0 Å². The maximum atomic E-state index is 12.7. The van der Waals surface area contributed by atoms with Crippen LogP contribution in [0.2, 0.25) is 0 Å². The number of carbonyl (C=O) groups is 1. The first-order chi connectivity index (χ1) is 13.3. The van der Waals surface area contributed by atoms with Crippen molar-refractivity contribution in [2.45, 2.75) is 39.2 Å². The summed E-state index contributed by atoms with van der Waals surface area (Å²) in [5.74, 6) is 0.795. The van der Waals surface area contributed by atoms with Gasteiger partial charge >= 0.3 is 0 Å². The molecule has 0 atom stereocenters. The van der Waals surface area contributed by atoms with Gasteiger partial charge in [0.2, 0.25) is 5.91 Å². The first-order valence-electron chi connectivity index (χ1n) is 9.80. The Morgan fingerprint density at radius 1 is 1.04 bits per heavy atom. The molecule has 5 heteroatoms. The van der Waals surface area contributed by atoms with E-state index < -0.39 is 0 Å². The predicted octanol–water partition coefficient (Wildman–Crippen LogP) is 5.67. The SMILES string of the molecule is Cc1ccc(C2CCN(CC(=O)N(C)Cc3cc(Br)cc(Br)c3)CC2)cc1C. The Labute approximate surface area is 185 Å². The molecule has 0 bridgehead atoms. The first kappa shape index (κ1) is 21.5. The van der Waals surface area contributed by atoms with E-state index in [2.05, 4.69) is 80.9 Å². The second kappa shape index (κ2) is 9.55. The number of likely N-dealkylation sites (N-methyl/N-ethyl adjacent to an activating group) is 1. The summed E-state index contributed by atoms with van der Waals surface area (Å²) in [4.78, 5) is 16.8. The van der Waals surface area contributed by atoms with Crippen LogP contribution in [0.1, 0.15) is 41.0 Å². The molecular weight excluding hydrogens is 480 g/mol. The fourth-order valence-electron chi connectivity index (χ4n) is 3.82. The van der Waals surface area contributed by atoms with Crippen molar-refractivity contribution in [1.29, 1.82) is 0 Å². The Bertz CT molecular complexity index is 824. The van der Waals surface area contributed by atoms with Gasteiger partial charge < -0.3 is 4.90 Å². The summed E-state index contributed by atoms with van der Waals surface area (Å²) in [6.45, 7) is 7.45. The normalized spacial score (nSPS) is 15.6. The molecule has 0 unspecified atom stereocenters. The monoisotopic (exact) mass is 506 g/mol. The van der Waals surface area contributed by atoms with Crippen LogP contribution in [-0.4, -0.2) is 42.4 Å². The number of benzene rings is 2. The summed E-state index contributed by atoms with van der Waals surface area (Å²) >= 11 is 7.02. The zero-order chi connectivity index (χ0) is 20.3. The van der Waals surface area contributed by atoms with Gasteiger partial charge in [0.15, 0.2) is 0 Å². The summed E-state index contributed by atoms with van der Waals surface area (Å²) in [6, 6.07) is 13.0. The Kier molecular flexibility index (Phi) is 7.35. The van der Waals surface area contributed by atoms with E-state index in [4.69, 9.17) is 0 Å². The summed E-state index contributed by atoms with van der Waals surface area (Å²) in [7, 11) is 1.89. The summed E-state index contributed by atoms with van der Waals surface area (Å²) in [5, 5.41) is 0. The molecule has 3 nitrogen and oxygen atoms in total. The number of amides is 1. The Balaban J connectivity index is 1.50. The number of likely N-dealkylation sites (tertiary alicyclic amines) is 1. The molecule has 1 aliphatic heterocycles. The second-order valence-electron chi connectivity index (χ2n) is 7.92. The lowest BCUT2D eigenvalue weighted by molar-refractivity contribution is -0.131. The van der Waals surface area contributed by atoms with Crippen LogP contribution in [0.5, 0.6) is 0 Å². The number of hydrogen-bond acceptors (Lipinski definition) is 2. The minimum absolute atomic E-state index is 0.181.